The molecule has 0 aliphatic carbocycles. The zero-order chi connectivity index (χ0) is 14.6. The van der Waals surface area contributed by atoms with E-state index in [2.05, 4.69) is 15.6 Å². The largest absolute Gasteiger partial charge is 0.397 e. The minimum absolute atomic E-state index is 0.0736. The predicted molar refractivity (Wildman–Crippen MR) is 73.8 cm³/mol. The van der Waals surface area contributed by atoms with E-state index in [0.29, 0.717) is 5.69 Å². The highest BCUT2D eigenvalue weighted by molar-refractivity contribution is 6.32. The van der Waals surface area contributed by atoms with Gasteiger partial charge in [0.2, 0.25) is 5.91 Å². The molecule has 2 amide bonds. The van der Waals surface area contributed by atoms with Crippen LogP contribution in [0, 0.1) is 5.41 Å². The topological polar surface area (TPSA) is 97.1 Å². The summed E-state index contributed by atoms with van der Waals surface area (Å²) in [6, 6.07) is 1.44. The molecule has 0 radical (unpaired) electrons. The summed E-state index contributed by atoms with van der Waals surface area (Å²) in [7, 11) is 1.55. The highest BCUT2D eigenvalue weighted by Crippen LogP contribution is 2.17. The third-order valence-corrected chi connectivity index (χ3v) is 2.94. The van der Waals surface area contributed by atoms with Crippen molar-refractivity contribution in [2.24, 2.45) is 5.41 Å². The number of rotatable bonds is 4. The third kappa shape index (κ3) is 3.82. The van der Waals surface area contributed by atoms with Gasteiger partial charge in [-0.2, -0.15) is 0 Å². The second kappa shape index (κ2) is 5.88. The van der Waals surface area contributed by atoms with Gasteiger partial charge in [-0.25, -0.2) is 4.98 Å². The summed E-state index contributed by atoms with van der Waals surface area (Å²) in [4.78, 5) is 27.3. The second-order valence-electron chi connectivity index (χ2n) is 4.75. The monoisotopic (exact) mass is 284 g/mol. The van der Waals surface area contributed by atoms with E-state index in [1.807, 2.05) is 0 Å². The van der Waals surface area contributed by atoms with Crippen LogP contribution in [0.15, 0.2) is 12.3 Å². The van der Waals surface area contributed by atoms with E-state index < -0.39 is 11.3 Å². The van der Waals surface area contributed by atoms with Crippen LogP contribution in [0.3, 0.4) is 0 Å². The molecular formula is C12H17ClN4O2. The number of hydrogen-bond donors (Lipinski definition) is 3. The van der Waals surface area contributed by atoms with Gasteiger partial charge in [0.05, 0.1) is 22.9 Å². The van der Waals surface area contributed by atoms with Gasteiger partial charge < -0.3 is 16.4 Å². The molecule has 7 heteroatoms. The molecule has 0 atom stereocenters. The molecule has 0 saturated carbocycles. The molecule has 6 nitrogen and oxygen atoms in total. The molecule has 4 N–H and O–H groups in total. The highest BCUT2D eigenvalue weighted by atomic mass is 35.5. The van der Waals surface area contributed by atoms with Crippen molar-refractivity contribution < 1.29 is 9.59 Å². The summed E-state index contributed by atoms with van der Waals surface area (Å²) in [5.41, 5.74) is 5.37. The van der Waals surface area contributed by atoms with Crippen molar-refractivity contribution in [3.63, 3.8) is 0 Å². The van der Waals surface area contributed by atoms with Crippen LogP contribution < -0.4 is 16.4 Å². The van der Waals surface area contributed by atoms with E-state index in [0.717, 1.165) is 0 Å². The Hall–Kier alpha value is -1.82. The minimum Gasteiger partial charge on any atom is -0.397 e. The Balaban J connectivity index is 2.76. The van der Waals surface area contributed by atoms with Gasteiger partial charge in [0.15, 0.2) is 0 Å². The van der Waals surface area contributed by atoms with E-state index in [1.54, 1.807) is 20.9 Å². The van der Waals surface area contributed by atoms with Crippen molar-refractivity contribution in [3.05, 3.63) is 23.0 Å². The first-order valence-electron chi connectivity index (χ1n) is 5.69. The minimum atomic E-state index is -0.718. The van der Waals surface area contributed by atoms with Crippen molar-refractivity contribution in [2.45, 2.75) is 13.8 Å². The number of halogens is 1. The predicted octanol–water partition coefficient (Wildman–Crippen LogP) is 0.819. The molecule has 0 aromatic carbocycles. The van der Waals surface area contributed by atoms with Gasteiger partial charge in [-0.05, 0) is 19.9 Å². The summed E-state index contributed by atoms with van der Waals surface area (Å²) in [6.45, 7) is 3.63. The molecule has 1 rings (SSSR count). The fourth-order valence-corrected chi connectivity index (χ4v) is 1.63. The Kier molecular flexibility index (Phi) is 4.72. The number of carbonyl (C=O) groups is 2. The van der Waals surface area contributed by atoms with Crippen molar-refractivity contribution in [1.29, 1.82) is 0 Å². The quantitative estimate of drug-likeness (QED) is 0.713. The molecule has 1 aromatic heterocycles. The normalized spacial score (nSPS) is 10.9. The lowest BCUT2D eigenvalue weighted by atomic mass is 9.92. The molecule has 0 fully saturated rings. The fraction of sp³-hybridized carbons (Fsp3) is 0.417. The Morgan fingerprint density at radius 1 is 1.47 bits per heavy atom. The Labute approximate surface area is 116 Å². The average Bonchev–Trinajstić information content (AvgIpc) is 2.37. The Morgan fingerprint density at radius 2 is 2.11 bits per heavy atom. The summed E-state index contributed by atoms with van der Waals surface area (Å²) >= 11 is 5.82. The number of nitrogens with zero attached hydrogens (tertiary/aromatic N) is 1. The van der Waals surface area contributed by atoms with Crippen molar-refractivity contribution >= 4 is 29.1 Å². The van der Waals surface area contributed by atoms with Crippen LogP contribution in [0.4, 0.5) is 5.69 Å². The second-order valence-corrected chi connectivity index (χ2v) is 5.11. The number of nitrogens with one attached hydrogen (secondary N) is 2. The molecule has 0 unspecified atom stereocenters. The number of nitrogen functional groups attached to an aromatic ring is 1. The van der Waals surface area contributed by atoms with Crippen LogP contribution in [-0.4, -0.2) is 30.4 Å². The Morgan fingerprint density at radius 3 is 2.68 bits per heavy atom. The number of anilines is 1. The van der Waals surface area contributed by atoms with Crippen LogP contribution in [-0.2, 0) is 4.79 Å². The zero-order valence-corrected chi connectivity index (χ0v) is 11.8. The first-order valence-corrected chi connectivity index (χ1v) is 6.07. The van der Waals surface area contributed by atoms with Gasteiger partial charge in [-0.1, -0.05) is 11.6 Å². The molecule has 0 bridgehead atoms. The highest BCUT2D eigenvalue weighted by Gasteiger charge is 2.27. The summed E-state index contributed by atoms with van der Waals surface area (Å²) in [6.07, 6.45) is 1.37. The smallest absolute Gasteiger partial charge is 0.254 e. The first kappa shape index (κ1) is 15.2. The van der Waals surface area contributed by atoms with Gasteiger partial charge in [0.25, 0.3) is 5.91 Å². The standard InChI is InChI=1S/C12H17ClN4O2/c1-12(2,11(19)15-3)6-17-10(18)8-4-7(14)5-16-9(8)13/h4-5H,6,14H2,1-3H3,(H,15,19)(H,17,18). The number of carbonyl (C=O) groups excluding carboxylic acids is 2. The lowest BCUT2D eigenvalue weighted by molar-refractivity contribution is -0.128. The maximum absolute atomic E-state index is 12.0. The molecule has 1 heterocycles. The van der Waals surface area contributed by atoms with Crippen LogP contribution in [0.5, 0.6) is 0 Å². The van der Waals surface area contributed by atoms with Gasteiger partial charge in [0.1, 0.15) is 5.15 Å². The van der Waals surface area contributed by atoms with Crippen molar-refractivity contribution in [1.82, 2.24) is 15.6 Å². The van der Waals surface area contributed by atoms with E-state index in [1.165, 1.54) is 12.3 Å². The summed E-state index contributed by atoms with van der Waals surface area (Å²) in [5, 5.41) is 5.26. The van der Waals surface area contributed by atoms with Crippen LogP contribution >= 0.6 is 11.6 Å². The van der Waals surface area contributed by atoms with Crippen molar-refractivity contribution in [2.75, 3.05) is 19.3 Å². The average molecular weight is 285 g/mol. The number of aromatic nitrogens is 1. The summed E-state index contributed by atoms with van der Waals surface area (Å²) < 4.78 is 0. The lowest BCUT2D eigenvalue weighted by Crippen LogP contribution is -2.43. The zero-order valence-electron chi connectivity index (χ0n) is 11.1. The number of nitrogens with two attached hydrogens (primary N) is 1. The van der Waals surface area contributed by atoms with E-state index in [-0.39, 0.29) is 23.2 Å². The van der Waals surface area contributed by atoms with E-state index in [4.69, 9.17) is 17.3 Å². The molecular weight excluding hydrogens is 268 g/mol. The first-order chi connectivity index (χ1) is 8.77. The maximum atomic E-state index is 12.0. The van der Waals surface area contributed by atoms with Crippen LogP contribution in [0.1, 0.15) is 24.2 Å². The maximum Gasteiger partial charge on any atom is 0.254 e. The van der Waals surface area contributed by atoms with Gasteiger partial charge >= 0.3 is 0 Å². The number of pyridine rings is 1. The SMILES string of the molecule is CNC(=O)C(C)(C)CNC(=O)c1cc(N)cnc1Cl. The molecule has 0 saturated heterocycles. The van der Waals surface area contributed by atoms with Gasteiger partial charge in [-0.3, -0.25) is 9.59 Å². The van der Waals surface area contributed by atoms with Crippen LogP contribution in [0.25, 0.3) is 0 Å². The number of amides is 2. The van der Waals surface area contributed by atoms with E-state index in [9.17, 15) is 9.59 Å². The molecule has 0 aliphatic rings. The van der Waals surface area contributed by atoms with E-state index >= 15 is 0 Å². The lowest BCUT2D eigenvalue weighted by Gasteiger charge is -2.22. The Bertz CT molecular complexity index is 503. The van der Waals surface area contributed by atoms with Crippen molar-refractivity contribution in [3.8, 4) is 0 Å². The molecule has 0 aliphatic heterocycles. The van der Waals surface area contributed by atoms with Gasteiger partial charge in [0, 0.05) is 13.6 Å². The number of hydrogen-bond acceptors (Lipinski definition) is 4. The molecule has 0 spiro atoms. The fourth-order valence-electron chi connectivity index (χ4n) is 1.44. The van der Waals surface area contributed by atoms with Gasteiger partial charge in [-0.15, -0.1) is 0 Å². The molecule has 19 heavy (non-hydrogen) atoms. The third-order valence-electron chi connectivity index (χ3n) is 2.64. The van der Waals surface area contributed by atoms with Crippen LogP contribution in [0.2, 0.25) is 5.15 Å². The molecule has 1 aromatic rings. The summed E-state index contributed by atoms with van der Waals surface area (Å²) in [5.74, 6) is -0.577. The molecule has 104 valence electrons.